The molecule has 3 nitrogen and oxygen atoms in total. The monoisotopic (exact) mass is 281 g/mol. The highest BCUT2D eigenvalue weighted by molar-refractivity contribution is 7.21. The van der Waals surface area contributed by atoms with Crippen molar-refractivity contribution in [2.24, 2.45) is 0 Å². The van der Waals surface area contributed by atoms with E-state index < -0.39 is 6.10 Å². The smallest absolute Gasteiger partial charge is 0.264 e. The molecule has 0 aliphatic rings. The number of benzene rings is 1. The number of amides is 1. The van der Waals surface area contributed by atoms with Crippen LogP contribution in [0.1, 0.15) is 22.2 Å². The Hall–Kier alpha value is -1.46. The number of hydrogen-bond acceptors (Lipinski definition) is 3. The number of thiophene rings is 1. The number of nitrogens with zero attached hydrogens (tertiary/aromatic N) is 1. The molecule has 0 spiro atoms. The summed E-state index contributed by atoms with van der Waals surface area (Å²) in [5.41, 5.74) is 0.667. The van der Waals surface area contributed by atoms with Gasteiger partial charge in [0.05, 0.1) is 11.0 Å². The first kappa shape index (κ1) is 14.0. The SMILES string of the molecule is Cc1c(C(=O)N(C)CC(C)O)sc2cccc(F)c12. The molecular weight excluding hydrogens is 265 g/mol. The summed E-state index contributed by atoms with van der Waals surface area (Å²) in [6, 6.07) is 4.85. The van der Waals surface area contributed by atoms with Crippen LogP contribution >= 0.6 is 11.3 Å². The summed E-state index contributed by atoms with van der Waals surface area (Å²) in [5, 5.41) is 9.84. The van der Waals surface area contributed by atoms with E-state index in [1.807, 2.05) is 6.07 Å². The fourth-order valence-electron chi connectivity index (χ4n) is 2.11. The van der Waals surface area contributed by atoms with Gasteiger partial charge in [-0.1, -0.05) is 6.07 Å². The Balaban J connectivity index is 2.43. The second-order valence-corrected chi connectivity index (χ2v) is 5.76. The number of carbonyl (C=O) groups is 1. The van der Waals surface area contributed by atoms with Crippen molar-refractivity contribution in [1.82, 2.24) is 4.90 Å². The van der Waals surface area contributed by atoms with Crippen LogP contribution in [0.5, 0.6) is 0 Å². The molecule has 0 radical (unpaired) electrons. The van der Waals surface area contributed by atoms with Gasteiger partial charge in [-0.15, -0.1) is 11.3 Å². The number of carbonyl (C=O) groups excluding carboxylic acids is 1. The third kappa shape index (κ3) is 2.62. The zero-order valence-electron chi connectivity index (χ0n) is 11.1. The first-order valence-electron chi connectivity index (χ1n) is 6.03. The van der Waals surface area contributed by atoms with Crippen LogP contribution in [0.15, 0.2) is 18.2 Å². The average Bonchev–Trinajstić information content (AvgIpc) is 2.66. The van der Waals surface area contributed by atoms with E-state index in [-0.39, 0.29) is 18.3 Å². The Bertz CT molecular complexity index is 621. The molecule has 0 saturated heterocycles. The van der Waals surface area contributed by atoms with E-state index in [0.29, 0.717) is 15.8 Å². The fourth-order valence-corrected chi connectivity index (χ4v) is 3.33. The number of hydrogen-bond donors (Lipinski definition) is 1. The Kier molecular flexibility index (Phi) is 3.87. The maximum Gasteiger partial charge on any atom is 0.264 e. The fraction of sp³-hybridized carbons (Fsp3) is 0.357. The van der Waals surface area contributed by atoms with Gasteiger partial charge < -0.3 is 10.0 Å². The molecule has 19 heavy (non-hydrogen) atoms. The molecular formula is C14H16FNO2S. The lowest BCUT2D eigenvalue weighted by molar-refractivity contribution is 0.0708. The first-order valence-corrected chi connectivity index (χ1v) is 6.84. The lowest BCUT2D eigenvalue weighted by Gasteiger charge is -2.18. The van der Waals surface area contributed by atoms with Crippen molar-refractivity contribution in [2.45, 2.75) is 20.0 Å². The molecule has 2 rings (SSSR count). The molecule has 0 aliphatic carbocycles. The van der Waals surface area contributed by atoms with E-state index >= 15 is 0 Å². The number of aliphatic hydroxyl groups excluding tert-OH is 1. The van der Waals surface area contributed by atoms with Gasteiger partial charge in [-0.3, -0.25) is 4.79 Å². The van der Waals surface area contributed by atoms with Crippen molar-refractivity contribution < 1.29 is 14.3 Å². The zero-order chi connectivity index (χ0) is 14.2. The highest BCUT2D eigenvalue weighted by atomic mass is 32.1. The standard InChI is InChI=1S/C14H16FNO2S/c1-8(17)7-16(3)14(18)13-9(2)12-10(15)5-4-6-11(12)19-13/h4-6,8,17H,7H2,1-3H3. The summed E-state index contributed by atoms with van der Waals surface area (Å²) < 4.78 is 14.5. The number of fused-ring (bicyclic) bond motifs is 1. The van der Waals surface area contributed by atoms with Crippen molar-refractivity contribution in [1.29, 1.82) is 0 Å². The predicted molar refractivity (Wildman–Crippen MR) is 75.2 cm³/mol. The zero-order valence-corrected chi connectivity index (χ0v) is 11.9. The third-order valence-electron chi connectivity index (χ3n) is 2.98. The van der Waals surface area contributed by atoms with Gasteiger partial charge in [0.15, 0.2) is 0 Å². The summed E-state index contributed by atoms with van der Waals surface area (Å²) in [5.74, 6) is -0.484. The molecule has 1 atom stereocenters. The molecule has 0 aliphatic heterocycles. The average molecular weight is 281 g/mol. The molecule has 1 unspecified atom stereocenters. The summed E-state index contributed by atoms with van der Waals surface area (Å²) in [4.78, 5) is 14.3. The Labute approximate surface area is 115 Å². The largest absolute Gasteiger partial charge is 0.392 e. The van der Waals surface area contributed by atoms with E-state index in [1.54, 1.807) is 27.0 Å². The number of aryl methyl sites for hydroxylation is 1. The molecule has 2 aromatic rings. The number of likely N-dealkylation sites (N-methyl/N-ethyl adjacent to an activating group) is 1. The molecule has 1 aromatic carbocycles. The van der Waals surface area contributed by atoms with E-state index in [1.165, 1.54) is 22.3 Å². The molecule has 0 fully saturated rings. The Morgan fingerprint density at radius 2 is 2.21 bits per heavy atom. The van der Waals surface area contributed by atoms with E-state index in [4.69, 9.17) is 0 Å². The van der Waals surface area contributed by atoms with Crippen LogP contribution in [0.2, 0.25) is 0 Å². The minimum Gasteiger partial charge on any atom is -0.392 e. The van der Waals surface area contributed by atoms with Crippen molar-refractivity contribution in [3.63, 3.8) is 0 Å². The molecule has 5 heteroatoms. The molecule has 0 bridgehead atoms. The van der Waals surface area contributed by atoms with Crippen LogP contribution in [0.25, 0.3) is 10.1 Å². The van der Waals surface area contributed by atoms with Crippen LogP contribution in [-0.4, -0.2) is 35.6 Å². The highest BCUT2D eigenvalue weighted by Gasteiger charge is 2.21. The summed E-state index contributed by atoms with van der Waals surface area (Å²) in [6.07, 6.45) is -0.583. The van der Waals surface area contributed by atoms with Gasteiger partial charge >= 0.3 is 0 Å². The number of halogens is 1. The first-order chi connectivity index (χ1) is 8.91. The maximum absolute atomic E-state index is 13.8. The second kappa shape index (κ2) is 5.27. The second-order valence-electron chi connectivity index (χ2n) is 4.70. The van der Waals surface area contributed by atoms with Gasteiger partial charge in [-0.25, -0.2) is 4.39 Å². The molecule has 1 heterocycles. The van der Waals surface area contributed by atoms with Crippen molar-refractivity contribution in [2.75, 3.05) is 13.6 Å². The van der Waals surface area contributed by atoms with E-state index in [2.05, 4.69) is 0 Å². The Morgan fingerprint density at radius 3 is 2.79 bits per heavy atom. The predicted octanol–water partition coefficient (Wildman–Crippen LogP) is 2.80. The van der Waals surface area contributed by atoms with Gasteiger partial charge in [0, 0.05) is 23.7 Å². The van der Waals surface area contributed by atoms with Gasteiger partial charge in [0.2, 0.25) is 0 Å². The van der Waals surface area contributed by atoms with Gasteiger partial charge in [-0.2, -0.15) is 0 Å². The number of aliphatic hydroxyl groups is 1. The third-order valence-corrected chi connectivity index (χ3v) is 4.23. The molecule has 0 saturated carbocycles. The minimum atomic E-state index is -0.583. The maximum atomic E-state index is 13.8. The van der Waals surface area contributed by atoms with Crippen LogP contribution in [-0.2, 0) is 0 Å². The van der Waals surface area contributed by atoms with Crippen molar-refractivity contribution in [3.8, 4) is 0 Å². The highest BCUT2D eigenvalue weighted by Crippen LogP contribution is 2.33. The van der Waals surface area contributed by atoms with Crippen LogP contribution in [0, 0.1) is 12.7 Å². The van der Waals surface area contributed by atoms with Crippen LogP contribution in [0.3, 0.4) is 0 Å². The molecule has 1 N–H and O–H groups in total. The Morgan fingerprint density at radius 1 is 1.53 bits per heavy atom. The van der Waals surface area contributed by atoms with Crippen molar-refractivity contribution >= 4 is 27.3 Å². The topological polar surface area (TPSA) is 40.5 Å². The quantitative estimate of drug-likeness (QED) is 0.940. The lowest BCUT2D eigenvalue weighted by atomic mass is 10.1. The summed E-state index contributed by atoms with van der Waals surface area (Å²) >= 11 is 1.29. The van der Waals surface area contributed by atoms with Gasteiger partial charge in [0.25, 0.3) is 5.91 Å². The number of rotatable bonds is 3. The minimum absolute atomic E-state index is 0.181. The van der Waals surface area contributed by atoms with Crippen LogP contribution in [0.4, 0.5) is 4.39 Å². The molecule has 1 amide bonds. The normalized spacial score (nSPS) is 12.7. The van der Waals surface area contributed by atoms with Crippen LogP contribution < -0.4 is 0 Å². The van der Waals surface area contributed by atoms with E-state index in [9.17, 15) is 14.3 Å². The molecule has 1 aromatic heterocycles. The van der Waals surface area contributed by atoms with E-state index in [0.717, 1.165) is 4.70 Å². The van der Waals surface area contributed by atoms with Gasteiger partial charge in [-0.05, 0) is 31.5 Å². The summed E-state index contributed by atoms with van der Waals surface area (Å²) in [6.45, 7) is 3.64. The van der Waals surface area contributed by atoms with Crippen molar-refractivity contribution in [3.05, 3.63) is 34.5 Å². The summed E-state index contributed by atoms with van der Waals surface area (Å²) in [7, 11) is 1.63. The lowest BCUT2D eigenvalue weighted by Crippen LogP contribution is -2.32. The van der Waals surface area contributed by atoms with Gasteiger partial charge in [0.1, 0.15) is 5.82 Å². The molecule has 102 valence electrons.